The van der Waals surface area contributed by atoms with Gasteiger partial charge in [-0.3, -0.25) is 4.79 Å². The van der Waals surface area contributed by atoms with Crippen LogP contribution in [0, 0.1) is 0 Å². The van der Waals surface area contributed by atoms with Crippen LogP contribution in [-0.4, -0.2) is 24.0 Å². The molecule has 120 valence electrons. The number of anilines is 2. The molecule has 1 fully saturated rings. The number of hydrogen-bond donors (Lipinski definition) is 2. The zero-order valence-corrected chi connectivity index (χ0v) is 13.2. The van der Waals surface area contributed by atoms with Crippen molar-refractivity contribution in [3.05, 3.63) is 48.2 Å². The fourth-order valence-corrected chi connectivity index (χ4v) is 2.79. The van der Waals surface area contributed by atoms with Gasteiger partial charge in [0, 0.05) is 11.6 Å². The highest BCUT2D eigenvalue weighted by Crippen LogP contribution is 2.22. The number of benzene rings is 1. The average molecular weight is 311 g/mol. The molecular weight excluding hydrogens is 290 g/mol. The van der Waals surface area contributed by atoms with E-state index in [9.17, 15) is 4.79 Å². The molecule has 23 heavy (non-hydrogen) atoms. The number of hydrogen-bond acceptors (Lipinski definition) is 4. The first-order valence-electron chi connectivity index (χ1n) is 7.92. The molecule has 1 aliphatic rings. The number of nitrogens with one attached hydrogen (secondary N) is 2. The van der Waals surface area contributed by atoms with Crippen molar-refractivity contribution in [2.45, 2.75) is 31.7 Å². The lowest BCUT2D eigenvalue weighted by Gasteiger charge is -2.13. The number of amides is 1. The zero-order valence-electron chi connectivity index (χ0n) is 13.2. The lowest BCUT2D eigenvalue weighted by molar-refractivity contribution is 0.102. The first kappa shape index (κ1) is 15.3. The van der Waals surface area contributed by atoms with E-state index in [2.05, 4.69) is 15.6 Å². The van der Waals surface area contributed by atoms with Crippen molar-refractivity contribution in [1.29, 1.82) is 0 Å². The summed E-state index contributed by atoms with van der Waals surface area (Å²) in [5.74, 6) is 1.08. The Hall–Kier alpha value is -2.56. The highest BCUT2D eigenvalue weighted by molar-refractivity contribution is 6.03. The van der Waals surface area contributed by atoms with Crippen LogP contribution in [0.3, 0.4) is 0 Å². The van der Waals surface area contributed by atoms with Gasteiger partial charge in [-0.25, -0.2) is 4.98 Å². The second-order valence-electron chi connectivity index (χ2n) is 5.74. The van der Waals surface area contributed by atoms with Gasteiger partial charge in [0.1, 0.15) is 11.6 Å². The Bertz CT molecular complexity index is 647. The molecule has 5 heteroatoms. The van der Waals surface area contributed by atoms with Crippen molar-refractivity contribution < 1.29 is 9.53 Å². The van der Waals surface area contributed by atoms with Crippen molar-refractivity contribution in [2.24, 2.45) is 0 Å². The summed E-state index contributed by atoms with van der Waals surface area (Å²) < 4.78 is 5.08. The van der Waals surface area contributed by atoms with E-state index < -0.39 is 0 Å². The predicted molar refractivity (Wildman–Crippen MR) is 91.1 cm³/mol. The first-order valence-corrected chi connectivity index (χ1v) is 7.92. The number of rotatable bonds is 5. The third-order valence-corrected chi connectivity index (χ3v) is 4.08. The highest BCUT2D eigenvalue weighted by Gasteiger charge is 2.14. The maximum atomic E-state index is 12.2. The van der Waals surface area contributed by atoms with E-state index >= 15 is 0 Å². The molecule has 5 nitrogen and oxygen atoms in total. The molecule has 0 aliphatic heterocycles. The van der Waals surface area contributed by atoms with Crippen LogP contribution in [0.4, 0.5) is 11.5 Å². The molecule has 0 spiro atoms. The number of pyridine rings is 1. The van der Waals surface area contributed by atoms with Crippen LogP contribution in [-0.2, 0) is 0 Å². The molecule has 1 heterocycles. The fourth-order valence-electron chi connectivity index (χ4n) is 2.79. The second kappa shape index (κ2) is 7.13. The van der Waals surface area contributed by atoms with Crippen LogP contribution in [0.15, 0.2) is 42.6 Å². The average Bonchev–Trinajstić information content (AvgIpc) is 3.10. The van der Waals surface area contributed by atoms with E-state index in [4.69, 9.17) is 4.74 Å². The summed E-state index contributed by atoms with van der Waals surface area (Å²) in [4.78, 5) is 16.5. The van der Waals surface area contributed by atoms with E-state index in [1.807, 2.05) is 12.1 Å². The summed E-state index contributed by atoms with van der Waals surface area (Å²) >= 11 is 0. The molecule has 0 radical (unpaired) electrons. The summed E-state index contributed by atoms with van der Waals surface area (Å²) in [5, 5.41) is 6.27. The summed E-state index contributed by atoms with van der Waals surface area (Å²) in [6.07, 6.45) is 6.79. The third-order valence-electron chi connectivity index (χ3n) is 4.08. The van der Waals surface area contributed by atoms with E-state index in [0.717, 1.165) is 11.4 Å². The van der Waals surface area contributed by atoms with Gasteiger partial charge in [-0.05, 0) is 49.2 Å². The molecule has 1 aliphatic carbocycles. The number of carbonyl (C=O) groups is 1. The second-order valence-corrected chi connectivity index (χ2v) is 5.74. The summed E-state index contributed by atoms with van der Waals surface area (Å²) in [7, 11) is 1.60. The summed E-state index contributed by atoms with van der Waals surface area (Å²) in [5.41, 5.74) is 1.57. The van der Waals surface area contributed by atoms with Gasteiger partial charge in [-0.2, -0.15) is 0 Å². The van der Waals surface area contributed by atoms with Gasteiger partial charge in [-0.1, -0.05) is 12.8 Å². The quantitative estimate of drug-likeness (QED) is 0.884. The number of carbonyl (C=O) groups excluding carboxylic acids is 1. The molecule has 2 aromatic rings. The van der Waals surface area contributed by atoms with Crippen LogP contribution >= 0.6 is 0 Å². The van der Waals surface area contributed by atoms with Crippen LogP contribution in [0.2, 0.25) is 0 Å². The van der Waals surface area contributed by atoms with Gasteiger partial charge in [0.15, 0.2) is 0 Å². The molecule has 1 aromatic heterocycles. The Morgan fingerprint density at radius 3 is 2.48 bits per heavy atom. The molecule has 2 N–H and O–H groups in total. The maximum Gasteiger partial charge on any atom is 0.256 e. The molecule has 1 aromatic carbocycles. The van der Waals surface area contributed by atoms with Gasteiger partial charge in [0.2, 0.25) is 0 Å². The van der Waals surface area contributed by atoms with Crippen LogP contribution in [0.5, 0.6) is 5.75 Å². The topological polar surface area (TPSA) is 63.2 Å². The number of nitrogens with zero attached hydrogens (tertiary/aromatic N) is 1. The van der Waals surface area contributed by atoms with Crippen LogP contribution in [0.1, 0.15) is 36.0 Å². The van der Waals surface area contributed by atoms with Gasteiger partial charge in [0.25, 0.3) is 5.91 Å². The minimum atomic E-state index is -0.184. The minimum absolute atomic E-state index is 0.184. The minimum Gasteiger partial charge on any atom is -0.497 e. The number of aromatic nitrogens is 1. The van der Waals surface area contributed by atoms with Crippen LogP contribution in [0.25, 0.3) is 0 Å². The van der Waals surface area contributed by atoms with E-state index in [1.165, 1.54) is 25.7 Å². The van der Waals surface area contributed by atoms with Gasteiger partial charge < -0.3 is 15.4 Å². The van der Waals surface area contributed by atoms with Crippen molar-refractivity contribution in [1.82, 2.24) is 4.98 Å². The predicted octanol–water partition coefficient (Wildman–Crippen LogP) is 3.70. The molecule has 1 amide bonds. The van der Waals surface area contributed by atoms with E-state index in [0.29, 0.717) is 17.4 Å². The van der Waals surface area contributed by atoms with Gasteiger partial charge >= 0.3 is 0 Å². The van der Waals surface area contributed by atoms with Gasteiger partial charge in [-0.15, -0.1) is 0 Å². The summed E-state index contributed by atoms with van der Waals surface area (Å²) in [6, 6.07) is 11.3. The summed E-state index contributed by atoms with van der Waals surface area (Å²) in [6.45, 7) is 0. The molecule has 0 saturated heterocycles. The molecule has 0 atom stereocenters. The Labute approximate surface area is 136 Å². The monoisotopic (exact) mass is 311 g/mol. The standard InChI is InChI=1S/C18H21N3O2/c1-23-16-9-6-13(7-10-16)18(22)21-17-11-8-15(12-19-17)20-14-4-2-3-5-14/h6-12,14,20H,2-5H2,1H3,(H,19,21,22). The zero-order chi connectivity index (χ0) is 16.1. The Balaban J connectivity index is 1.59. The Kier molecular flexibility index (Phi) is 4.76. The third kappa shape index (κ3) is 4.00. The van der Waals surface area contributed by atoms with Crippen molar-refractivity contribution in [3.63, 3.8) is 0 Å². The fraction of sp³-hybridized carbons (Fsp3) is 0.333. The highest BCUT2D eigenvalue weighted by atomic mass is 16.5. The maximum absolute atomic E-state index is 12.2. The number of ether oxygens (including phenoxy) is 1. The molecule has 0 bridgehead atoms. The Morgan fingerprint density at radius 1 is 1.13 bits per heavy atom. The van der Waals surface area contributed by atoms with Crippen molar-refractivity contribution in [3.8, 4) is 5.75 Å². The SMILES string of the molecule is COc1ccc(C(=O)Nc2ccc(NC3CCCC3)cn2)cc1. The first-order chi connectivity index (χ1) is 11.2. The molecule has 0 unspecified atom stereocenters. The van der Waals surface area contributed by atoms with Crippen molar-refractivity contribution >= 4 is 17.4 Å². The van der Waals surface area contributed by atoms with Crippen LogP contribution < -0.4 is 15.4 Å². The molecular formula is C18H21N3O2. The number of methoxy groups -OCH3 is 1. The lowest BCUT2D eigenvalue weighted by Crippen LogP contribution is -2.15. The van der Waals surface area contributed by atoms with E-state index in [-0.39, 0.29) is 5.91 Å². The molecule has 1 saturated carbocycles. The molecule has 3 rings (SSSR count). The Morgan fingerprint density at radius 2 is 1.87 bits per heavy atom. The lowest BCUT2D eigenvalue weighted by atomic mass is 10.2. The van der Waals surface area contributed by atoms with E-state index in [1.54, 1.807) is 37.6 Å². The van der Waals surface area contributed by atoms with Gasteiger partial charge in [0.05, 0.1) is 19.0 Å². The van der Waals surface area contributed by atoms with Crippen molar-refractivity contribution in [2.75, 3.05) is 17.7 Å². The normalized spacial score (nSPS) is 14.5. The smallest absolute Gasteiger partial charge is 0.256 e. The largest absolute Gasteiger partial charge is 0.497 e.